The number of nitrogens with zero attached hydrogens (tertiary/aromatic N) is 3. The first kappa shape index (κ1) is 27.8. The van der Waals surface area contributed by atoms with E-state index in [2.05, 4.69) is 20.3 Å². The Morgan fingerprint density at radius 3 is 2.32 bits per heavy atom. The molecule has 196 valence electrons. The van der Waals surface area contributed by atoms with Crippen molar-refractivity contribution < 1.29 is 19.1 Å². The second-order valence-electron chi connectivity index (χ2n) is 8.61. The van der Waals surface area contributed by atoms with Crippen molar-refractivity contribution in [2.45, 2.75) is 59.0 Å². The lowest BCUT2D eigenvalue weighted by Crippen LogP contribution is -2.25. The molecule has 4 aromatic rings. The van der Waals surface area contributed by atoms with Crippen molar-refractivity contribution in [1.29, 1.82) is 0 Å². The summed E-state index contributed by atoms with van der Waals surface area (Å²) in [7, 11) is 1.00. The van der Waals surface area contributed by atoms with Crippen LogP contribution in [0.15, 0.2) is 59.3 Å². The molecule has 0 unspecified atom stereocenters. The lowest BCUT2D eigenvalue weighted by molar-refractivity contribution is -0.109. The molecule has 1 aliphatic rings. The van der Waals surface area contributed by atoms with Gasteiger partial charge in [-0.3, -0.25) is 0 Å². The zero-order valence-electron chi connectivity index (χ0n) is 22.0. The van der Waals surface area contributed by atoms with Crippen molar-refractivity contribution in [3.8, 4) is 17.1 Å². The lowest BCUT2D eigenvalue weighted by atomic mass is 9.86. The fraction of sp³-hybridized carbons (Fsp3) is 0.379. The number of hydrogen-bond acceptors (Lipinski definition) is 8. The van der Waals surface area contributed by atoms with E-state index in [-0.39, 0.29) is 6.10 Å². The van der Waals surface area contributed by atoms with Crippen LogP contribution in [-0.2, 0) is 4.79 Å². The van der Waals surface area contributed by atoms with Crippen molar-refractivity contribution in [3.05, 3.63) is 60.4 Å². The number of aryl methyl sites for hydroxylation is 1. The monoisotopic (exact) mass is 504 g/mol. The zero-order valence-corrected chi connectivity index (χ0v) is 22.0. The summed E-state index contributed by atoms with van der Waals surface area (Å²) in [6.07, 6.45) is 9.29. The van der Waals surface area contributed by atoms with Crippen molar-refractivity contribution in [1.82, 2.24) is 15.0 Å². The molecule has 0 bridgehead atoms. The van der Waals surface area contributed by atoms with Crippen LogP contribution in [-0.4, -0.2) is 39.6 Å². The lowest BCUT2D eigenvalue weighted by Gasteiger charge is -2.27. The summed E-state index contributed by atoms with van der Waals surface area (Å²) in [5.41, 5.74) is 5.54. The first-order valence-electron chi connectivity index (χ1n) is 12.8. The number of ether oxygens (including phenoxy) is 1. The van der Waals surface area contributed by atoms with E-state index in [4.69, 9.17) is 14.3 Å². The molecule has 0 spiro atoms. The molecule has 8 nitrogen and oxygen atoms in total. The fourth-order valence-corrected chi connectivity index (χ4v) is 4.25. The van der Waals surface area contributed by atoms with Crippen molar-refractivity contribution in [3.63, 3.8) is 0 Å². The molecule has 2 aromatic heterocycles. The van der Waals surface area contributed by atoms with E-state index in [1.807, 2.05) is 63.2 Å². The molecule has 0 aliphatic heterocycles. The summed E-state index contributed by atoms with van der Waals surface area (Å²) in [5, 5.41) is 10.2. The van der Waals surface area contributed by atoms with Crippen LogP contribution in [0.25, 0.3) is 22.2 Å². The Hall–Kier alpha value is -3.78. The highest BCUT2D eigenvalue weighted by molar-refractivity contribution is 5.76. The van der Waals surface area contributed by atoms with Gasteiger partial charge in [-0.05, 0) is 73.9 Å². The van der Waals surface area contributed by atoms with E-state index in [9.17, 15) is 4.79 Å². The Kier molecular flexibility index (Phi) is 10.6. The quantitative estimate of drug-likeness (QED) is 0.275. The third-order valence-electron chi connectivity index (χ3n) is 6.14. The van der Waals surface area contributed by atoms with Crippen LogP contribution in [0.4, 0.5) is 11.7 Å². The van der Waals surface area contributed by atoms with Crippen LogP contribution < -0.4 is 10.1 Å². The third kappa shape index (κ3) is 7.60. The maximum atomic E-state index is 10.7. The number of aldehydes is 1. The zero-order chi connectivity index (χ0) is 26.6. The molecule has 1 aliphatic carbocycles. The van der Waals surface area contributed by atoms with Gasteiger partial charge in [-0.15, -0.1) is 0 Å². The molecule has 1 saturated carbocycles. The fourth-order valence-electron chi connectivity index (χ4n) is 4.25. The second kappa shape index (κ2) is 14.1. The highest BCUT2D eigenvalue weighted by Gasteiger charge is 2.22. The Balaban J connectivity index is 0.000000907. The Bertz CT molecular complexity index is 1230. The molecule has 2 aromatic carbocycles. The van der Waals surface area contributed by atoms with Gasteiger partial charge in [-0.2, -0.15) is 4.98 Å². The topological polar surface area (TPSA) is 110 Å². The van der Waals surface area contributed by atoms with Crippen LogP contribution in [0.5, 0.6) is 6.01 Å². The molecule has 0 radical (unpaired) electrons. The van der Waals surface area contributed by atoms with Crippen LogP contribution in [0, 0.1) is 12.8 Å². The maximum absolute atomic E-state index is 10.7. The van der Waals surface area contributed by atoms with Gasteiger partial charge in [0.1, 0.15) is 17.9 Å². The Morgan fingerprint density at radius 2 is 1.68 bits per heavy atom. The number of benzene rings is 2. The average molecular weight is 505 g/mol. The normalized spacial score (nSPS) is 16.6. The number of carbonyl (C=O) groups is 1. The summed E-state index contributed by atoms with van der Waals surface area (Å²) in [5.74, 6) is 0.495. The van der Waals surface area contributed by atoms with E-state index in [0.717, 1.165) is 72.6 Å². The minimum absolute atomic E-state index is 0.125. The number of aliphatic hydroxyl groups is 1. The number of fused-ring (bicyclic) bond motifs is 1. The van der Waals surface area contributed by atoms with Crippen molar-refractivity contribution in [2.24, 2.45) is 5.92 Å². The minimum atomic E-state index is 0.125. The summed E-state index contributed by atoms with van der Waals surface area (Å²) in [6, 6.07) is 14.8. The van der Waals surface area contributed by atoms with E-state index < -0.39 is 0 Å². The minimum Gasteiger partial charge on any atom is -0.460 e. The number of aromatic nitrogens is 3. The van der Waals surface area contributed by atoms with Crippen molar-refractivity contribution in [2.75, 3.05) is 12.4 Å². The molecule has 37 heavy (non-hydrogen) atoms. The van der Waals surface area contributed by atoms with Gasteiger partial charge in [0.15, 0.2) is 5.58 Å². The van der Waals surface area contributed by atoms with Crippen LogP contribution >= 0.6 is 0 Å². The standard InChI is InChI=1S/C26H26N4O3.C2H6.CH4O/c1-17-2-11-23-24(14-17)33-26(30-23)29-21-7-5-19(6-8-21)20-15-27-25(28-16-20)32-22-9-3-18(4-10-22)12-13-31;2*1-2/h2,5-8,11,13-16,18,22H,3-4,9-10,12H2,1H3,(H,29,30);1-2H3;2H,1H3. The molecule has 0 saturated heterocycles. The predicted octanol–water partition coefficient (Wildman–Crippen LogP) is 6.50. The smallest absolute Gasteiger partial charge is 0.316 e. The van der Waals surface area contributed by atoms with E-state index >= 15 is 0 Å². The van der Waals surface area contributed by atoms with Crippen molar-refractivity contribution >= 4 is 29.1 Å². The number of nitrogens with one attached hydrogen (secondary N) is 1. The van der Waals surface area contributed by atoms with Gasteiger partial charge < -0.3 is 24.4 Å². The number of hydrogen-bond donors (Lipinski definition) is 2. The highest BCUT2D eigenvalue weighted by atomic mass is 16.5. The van der Waals surface area contributed by atoms with Crippen LogP contribution in [0.2, 0.25) is 0 Å². The SMILES string of the molecule is CC.CO.Cc1ccc2nc(Nc3ccc(-c4cnc(OC5CCC(CC=O)CC5)nc4)cc3)oc2c1. The van der Waals surface area contributed by atoms with Gasteiger partial charge in [0.05, 0.1) is 0 Å². The van der Waals surface area contributed by atoms with Gasteiger partial charge >= 0.3 is 6.01 Å². The molecule has 1 fully saturated rings. The molecular formula is C29H36N4O4. The summed E-state index contributed by atoms with van der Waals surface area (Å²) in [4.78, 5) is 23.9. The largest absolute Gasteiger partial charge is 0.460 e. The van der Waals surface area contributed by atoms with Gasteiger partial charge in [0.2, 0.25) is 0 Å². The maximum Gasteiger partial charge on any atom is 0.316 e. The highest BCUT2D eigenvalue weighted by Crippen LogP contribution is 2.29. The second-order valence-corrected chi connectivity index (χ2v) is 8.61. The Labute approximate surface area is 218 Å². The summed E-state index contributed by atoms with van der Waals surface area (Å²) in [6.45, 7) is 6.03. The molecule has 2 heterocycles. The summed E-state index contributed by atoms with van der Waals surface area (Å²) < 4.78 is 11.7. The number of rotatable bonds is 7. The predicted molar refractivity (Wildman–Crippen MR) is 146 cm³/mol. The van der Waals surface area contributed by atoms with Crippen LogP contribution in [0.3, 0.4) is 0 Å². The van der Waals surface area contributed by atoms with Gasteiger partial charge in [-0.1, -0.05) is 32.0 Å². The third-order valence-corrected chi connectivity index (χ3v) is 6.14. The molecule has 2 N–H and O–H groups in total. The molecule has 8 heteroatoms. The number of aliphatic hydroxyl groups excluding tert-OH is 1. The number of oxazole rings is 1. The first-order valence-corrected chi connectivity index (χ1v) is 12.8. The number of carbonyl (C=O) groups excluding carboxylic acids is 1. The first-order chi connectivity index (χ1) is 18.2. The Morgan fingerprint density at radius 1 is 1.00 bits per heavy atom. The number of anilines is 2. The van der Waals surface area contributed by atoms with E-state index in [0.29, 0.717) is 24.4 Å². The van der Waals surface area contributed by atoms with E-state index in [1.165, 1.54) is 0 Å². The van der Waals surface area contributed by atoms with Gasteiger partial charge in [0, 0.05) is 37.2 Å². The van der Waals surface area contributed by atoms with Gasteiger partial charge in [0.25, 0.3) is 6.01 Å². The van der Waals surface area contributed by atoms with E-state index in [1.54, 1.807) is 12.4 Å². The molecule has 0 amide bonds. The van der Waals surface area contributed by atoms with Gasteiger partial charge in [-0.25, -0.2) is 9.97 Å². The van der Waals surface area contributed by atoms with Crippen LogP contribution in [0.1, 0.15) is 51.5 Å². The molecule has 0 atom stereocenters. The molecule has 5 rings (SSSR count). The average Bonchev–Trinajstić information content (AvgIpc) is 3.34. The molecular weight excluding hydrogens is 468 g/mol. The summed E-state index contributed by atoms with van der Waals surface area (Å²) >= 11 is 0.